The van der Waals surface area contributed by atoms with E-state index in [1.54, 1.807) is 19.0 Å². The van der Waals surface area contributed by atoms with Crippen molar-refractivity contribution in [3.05, 3.63) is 35.6 Å². The maximum Gasteiger partial charge on any atom is 0.238 e. The Kier molecular flexibility index (Phi) is 3.90. The van der Waals surface area contributed by atoms with E-state index in [0.717, 1.165) is 22.3 Å². The first-order valence-corrected chi connectivity index (χ1v) is 6.42. The monoisotopic (exact) mass is 260 g/mol. The van der Waals surface area contributed by atoms with Gasteiger partial charge in [-0.1, -0.05) is 18.2 Å². The molecule has 1 unspecified atom stereocenters. The van der Waals surface area contributed by atoms with E-state index in [2.05, 4.69) is 5.32 Å². The Labute approximate surface area is 113 Å². The molecule has 1 aromatic carbocycles. The fraction of sp³-hybridized carbons (Fsp3) is 0.400. The number of aryl methyl sites for hydroxylation is 1. The smallest absolute Gasteiger partial charge is 0.238 e. The average Bonchev–Trinajstić information content (AvgIpc) is 2.70. The van der Waals surface area contributed by atoms with Crippen LogP contribution in [0.4, 0.5) is 0 Å². The Morgan fingerprint density at radius 1 is 1.37 bits per heavy atom. The van der Waals surface area contributed by atoms with Crippen LogP contribution in [0.2, 0.25) is 0 Å². The Balaban J connectivity index is 2.14. The van der Waals surface area contributed by atoms with Crippen molar-refractivity contribution in [1.82, 2.24) is 10.2 Å². The number of hydrogen-bond acceptors (Lipinski definition) is 3. The largest absolute Gasteiger partial charge is 0.461 e. The number of hydrogen-bond donors (Lipinski definition) is 1. The fourth-order valence-corrected chi connectivity index (χ4v) is 2.17. The number of amides is 1. The summed E-state index contributed by atoms with van der Waals surface area (Å²) in [5, 5.41) is 4.36. The van der Waals surface area contributed by atoms with Gasteiger partial charge in [-0.15, -0.1) is 0 Å². The van der Waals surface area contributed by atoms with Crippen LogP contribution in [0.25, 0.3) is 11.0 Å². The SMILES string of the molecule is Cc1oc2ccccc2c1CNC(C)C(=O)N(C)C. The van der Waals surface area contributed by atoms with Gasteiger partial charge in [0.25, 0.3) is 0 Å². The van der Waals surface area contributed by atoms with Gasteiger partial charge in [0.15, 0.2) is 0 Å². The summed E-state index contributed by atoms with van der Waals surface area (Å²) in [5.74, 6) is 0.976. The zero-order chi connectivity index (χ0) is 14.0. The first-order chi connectivity index (χ1) is 9.00. The molecule has 2 aromatic rings. The van der Waals surface area contributed by atoms with Crippen LogP contribution in [-0.4, -0.2) is 30.9 Å². The van der Waals surface area contributed by atoms with Crippen LogP contribution in [-0.2, 0) is 11.3 Å². The van der Waals surface area contributed by atoms with E-state index in [4.69, 9.17) is 4.42 Å². The third-order valence-corrected chi connectivity index (χ3v) is 3.30. The number of benzene rings is 1. The summed E-state index contributed by atoms with van der Waals surface area (Å²) >= 11 is 0. The lowest BCUT2D eigenvalue weighted by Gasteiger charge is -2.17. The van der Waals surface area contributed by atoms with E-state index in [-0.39, 0.29) is 11.9 Å². The van der Waals surface area contributed by atoms with Gasteiger partial charge >= 0.3 is 0 Å². The van der Waals surface area contributed by atoms with E-state index in [1.165, 1.54) is 0 Å². The predicted molar refractivity (Wildman–Crippen MR) is 75.9 cm³/mol. The molecule has 4 heteroatoms. The molecule has 1 aromatic heterocycles. The van der Waals surface area contributed by atoms with Crippen LogP contribution >= 0.6 is 0 Å². The molecule has 0 aliphatic heterocycles. The molecule has 4 nitrogen and oxygen atoms in total. The second-order valence-corrected chi connectivity index (χ2v) is 4.97. The molecule has 0 radical (unpaired) electrons. The minimum Gasteiger partial charge on any atom is -0.461 e. The third kappa shape index (κ3) is 2.79. The highest BCUT2D eigenvalue weighted by molar-refractivity contribution is 5.83. The maximum absolute atomic E-state index is 11.8. The van der Waals surface area contributed by atoms with Crippen molar-refractivity contribution >= 4 is 16.9 Å². The summed E-state index contributed by atoms with van der Waals surface area (Å²) in [7, 11) is 3.53. The summed E-state index contributed by atoms with van der Waals surface area (Å²) in [6.07, 6.45) is 0. The second kappa shape index (κ2) is 5.45. The van der Waals surface area contributed by atoms with Crippen molar-refractivity contribution in [2.24, 2.45) is 0 Å². The molecule has 0 fully saturated rings. The molecular weight excluding hydrogens is 240 g/mol. The summed E-state index contributed by atoms with van der Waals surface area (Å²) in [6.45, 7) is 4.46. The highest BCUT2D eigenvalue weighted by Gasteiger charge is 2.16. The predicted octanol–water partition coefficient (Wildman–Crippen LogP) is 2.31. The molecule has 1 heterocycles. The van der Waals surface area contributed by atoms with Crippen molar-refractivity contribution in [2.75, 3.05) is 14.1 Å². The number of carbonyl (C=O) groups is 1. The Bertz CT molecular complexity index is 587. The summed E-state index contributed by atoms with van der Waals surface area (Å²) in [4.78, 5) is 13.4. The molecule has 0 spiro atoms. The normalized spacial score (nSPS) is 12.6. The second-order valence-electron chi connectivity index (χ2n) is 4.97. The molecule has 0 bridgehead atoms. The topological polar surface area (TPSA) is 45.5 Å². The Morgan fingerprint density at radius 2 is 2.05 bits per heavy atom. The average molecular weight is 260 g/mol. The minimum atomic E-state index is -0.205. The molecule has 1 amide bonds. The zero-order valence-corrected chi connectivity index (χ0v) is 11.9. The maximum atomic E-state index is 11.8. The van der Waals surface area contributed by atoms with Gasteiger partial charge in [0, 0.05) is 31.6 Å². The molecule has 0 saturated carbocycles. The van der Waals surface area contributed by atoms with Gasteiger partial charge in [-0.05, 0) is 19.9 Å². The zero-order valence-electron chi connectivity index (χ0n) is 11.9. The van der Waals surface area contributed by atoms with E-state index in [9.17, 15) is 4.79 Å². The lowest BCUT2D eigenvalue weighted by atomic mass is 10.1. The molecule has 0 aliphatic rings. The summed E-state index contributed by atoms with van der Waals surface area (Å²) in [6, 6.07) is 7.75. The molecule has 2 rings (SSSR count). The van der Waals surface area contributed by atoms with Crippen LogP contribution < -0.4 is 5.32 Å². The highest BCUT2D eigenvalue weighted by atomic mass is 16.3. The van der Waals surface area contributed by atoms with Crippen molar-refractivity contribution in [3.8, 4) is 0 Å². The van der Waals surface area contributed by atoms with Gasteiger partial charge < -0.3 is 14.6 Å². The van der Waals surface area contributed by atoms with Crippen molar-refractivity contribution in [1.29, 1.82) is 0 Å². The number of rotatable bonds is 4. The van der Waals surface area contributed by atoms with Gasteiger partial charge in [-0.2, -0.15) is 0 Å². The highest BCUT2D eigenvalue weighted by Crippen LogP contribution is 2.24. The molecule has 1 atom stereocenters. The van der Waals surface area contributed by atoms with E-state index in [0.29, 0.717) is 6.54 Å². The lowest BCUT2D eigenvalue weighted by molar-refractivity contribution is -0.130. The molecule has 1 N–H and O–H groups in total. The molecule has 0 saturated heterocycles. The Morgan fingerprint density at radius 3 is 2.74 bits per heavy atom. The van der Waals surface area contributed by atoms with Crippen LogP contribution in [0, 0.1) is 6.92 Å². The number of likely N-dealkylation sites (N-methyl/N-ethyl adjacent to an activating group) is 1. The lowest BCUT2D eigenvalue weighted by Crippen LogP contribution is -2.41. The molecule has 19 heavy (non-hydrogen) atoms. The quantitative estimate of drug-likeness (QED) is 0.917. The molecule has 0 aliphatic carbocycles. The third-order valence-electron chi connectivity index (χ3n) is 3.30. The van der Waals surface area contributed by atoms with Gasteiger partial charge in [-0.3, -0.25) is 4.79 Å². The fourth-order valence-electron chi connectivity index (χ4n) is 2.17. The minimum absolute atomic E-state index is 0.0745. The van der Waals surface area contributed by atoms with Gasteiger partial charge in [0.05, 0.1) is 6.04 Å². The van der Waals surface area contributed by atoms with Crippen LogP contribution in [0.3, 0.4) is 0 Å². The number of nitrogens with one attached hydrogen (secondary N) is 1. The first kappa shape index (κ1) is 13.6. The van der Waals surface area contributed by atoms with Gasteiger partial charge in [0.2, 0.25) is 5.91 Å². The van der Waals surface area contributed by atoms with Crippen LogP contribution in [0.15, 0.2) is 28.7 Å². The van der Waals surface area contributed by atoms with E-state index in [1.807, 2.05) is 38.1 Å². The number of carbonyl (C=O) groups excluding carboxylic acids is 1. The number of furan rings is 1. The van der Waals surface area contributed by atoms with Crippen molar-refractivity contribution < 1.29 is 9.21 Å². The van der Waals surface area contributed by atoms with Gasteiger partial charge in [0.1, 0.15) is 11.3 Å². The van der Waals surface area contributed by atoms with Gasteiger partial charge in [-0.25, -0.2) is 0 Å². The van der Waals surface area contributed by atoms with Crippen LogP contribution in [0.1, 0.15) is 18.2 Å². The molecular formula is C15H20N2O2. The molecule has 102 valence electrons. The van der Waals surface area contributed by atoms with Crippen molar-refractivity contribution in [3.63, 3.8) is 0 Å². The van der Waals surface area contributed by atoms with E-state index < -0.39 is 0 Å². The first-order valence-electron chi connectivity index (χ1n) is 6.42. The van der Waals surface area contributed by atoms with Crippen molar-refractivity contribution in [2.45, 2.75) is 26.4 Å². The number of fused-ring (bicyclic) bond motifs is 1. The summed E-state index contributed by atoms with van der Waals surface area (Å²) < 4.78 is 5.70. The standard InChI is InChI=1S/C15H20N2O2/c1-10(15(18)17(3)4)16-9-13-11(2)19-14-8-6-5-7-12(13)14/h5-8,10,16H,9H2,1-4H3. The number of para-hydroxylation sites is 1. The number of nitrogens with zero attached hydrogens (tertiary/aromatic N) is 1. The summed E-state index contributed by atoms with van der Waals surface area (Å²) in [5.41, 5.74) is 2.01. The van der Waals surface area contributed by atoms with Crippen LogP contribution in [0.5, 0.6) is 0 Å². The Hall–Kier alpha value is -1.81. The van der Waals surface area contributed by atoms with E-state index >= 15 is 0 Å².